The minimum absolute atomic E-state index is 0.184. The van der Waals surface area contributed by atoms with E-state index in [0.717, 1.165) is 11.3 Å². The Morgan fingerprint density at radius 3 is 2.61 bits per heavy atom. The van der Waals surface area contributed by atoms with E-state index in [1.165, 1.54) is 0 Å². The molecule has 8 nitrogen and oxygen atoms in total. The molecule has 4 rings (SSSR count). The lowest BCUT2D eigenvalue weighted by Crippen LogP contribution is -2.14. The number of ether oxygens (including phenoxy) is 3. The van der Waals surface area contributed by atoms with Crippen molar-refractivity contribution < 1.29 is 19.0 Å². The number of nitrogens with one attached hydrogen (secondary N) is 2. The van der Waals surface area contributed by atoms with Crippen LogP contribution < -0.4 is 24.8 Å². The zero-order valence-corrected chi connectivity index (χ0v) is 15.1. The van der Waals surface area contributed by atoms with E-state index in [9.17, 15) is 4.79 Å². The number of methoxy groups -OCH3 is 1. The van der Waals surface area contributed by atoms with Crippen LogP contribution in [0.5, 0.6) is 17.2 Å². The van der Waals surface area contributed by atoms with Crippen LogP contribution in [0.25, 0.3) is 0 Å². The second-order valence-corrected chi connectivity index (χ2v) is 6.03. The van der Waals surface area contributed by atoms with Crippen LogP contribution in [-0.4, -0.2) is 30.0 Å². The Morgan fingerprint density at radius 2 is 1.86 bits per heavy atom. The van der Waals surface area contributed by atoms with E-state index in [-0.39, 0.29) is 18.4 Å². The van der Waals surface area contributed by atoms with Gasteiger partial charge < -0.3 is 24.8 Å². The predicted octanol–water partition coefficient (Wildman–Crippen LogP) is 3.08. The molecule has 3 aromatic rings. The summed E-state index contributed by atoms with van der Waals surface area (Å²) in [5.74, 6) is 2.29. The highest BCUT2D eigenvalue weighted by Crippen LogP contribution is 2.34. The summed E-state index contributed by atoms with van der Waals surface area (Å²) in [4.78, 5) is 12.3. The Kier molecular flexibility index (Phi) is 4.92. The van der Waals surface area contributed by atoms with Gasteiger partial charge in [0.2, 0.25) is 6.79 Å². The van der Waals surface area contributed by atoms with Crippen molar-refractivity contribution in [3.05, 3.63) is 65.9 Å². The molecule has 8 heteroatoms. The maximum Gasteiger partial charge on any atom is 0.276 e. The fourth-order valence-electron chi connectivity index (χ4n) is 2.65. The summed E-state index contributed by atoms with van der Waals surface area (Å²) in [6.07, 6.45) is 0. The number of hydrogen-bond donors (Lipinski definition) is 2. The largest absolute Gasteiger partial charge is 0.497 e. The van der Waals surface area contributed by atoms with Crippen LogP contribution in [0.2, 0.25) is 0 Å². The molecule has 0 saturated heterocycles. The van der Waals surface area contributed by atoms with Crippen LogP contribution in [0.15, 0.2) is 54.6 Å². The topological polar surface area (TPSA) is 94.6 Å². The third-order valence-corrected chi connectivity index (χ3v) is 4.16. The average molecular weight is 378 g/mol. The van der Waals surface area contributed by atoms with Gasteiger partial charge in [0, 0.05) is 18.3 Å². The van der Waals surface area contributed by atoms with Gasteiger partial charge in [-0.2, -0.15) is 0 Å². The van der Waals surface area contributed by atoms with Crippen molar-refractivity contribution in [3.63, 3.8) is 0 Å². The van der Waals surface area contributed by atoms with E-state index < -0.39 is 0 Å². The number of fused-ring (bicyclic) bond motifs is 1. The summed E-state index contributed by atoms with van der Waals surface area (Å²) < 4.78 is 15.7. The highest BCUT2D eigenvalue weighted by molar-refractivity contribution is 6.03. The third kappa shape index (κ3) is 3.96. The number of benzene rings is 2. The van der Waals surface area contributed by atoms with E-state index in [1.54, 1.807) is 37.4 Å². The number of nitrogens with zero attached hydrogens (tertiary/aromatic N) is 2. The molecular formula is C20H18N4O4. The molecular weight excluding hydrogens is 360 g/mol. The maximum atomic E-state index is 12.3. The lowest BCUT2D eigenvalue weighted by atomic mass is 10.2. The van der Waals surface area contributed by atoms with Gasteiger partial charge in [0.15, 0.2) is 17.2 Å². The SMILES string of the molecule is COc1ccc(CNc2ccc(C(=O)Nc3ccc4c(c3)OCO4)nn2)cc1. The Balaban J connectivity index is 1.35. The fraction of sp³-hybridized carbons (Fsp3) is 0.150. The van der Waals surface area contributed by atoms with E-state index in [1.807, 2.05) is 24.3 Å². The van der Waals surface area contributed by atoms with Gasteiger partial charge in [-0.1, -0.05) is 12.1 Å². The smallest absolute Gasteiger partial charge is 0.276 e. The summed E-state index contributed by atoms with van der Waals surface area (Å²) in [5.41, 5.74) is 1.89. The van der Waals surface area contributed by atoms with Crippen molar-refractivity contribution in [1.82, 2.24) is 10.2 Å². The minimum Gasteiger partial charge on any atom is -0.497 e. The molecule has 0 aliphatic carbocycles. The minimum atomic E-state index is -0.354. The maximum absolute atomic E-state index is 12.3. The molecule has 142 valence electrons. The summed E-state index contributed by atoms with van der Waals surface area (Å²) in [5, 5.41) is 14.0. The van der Waals surface area contributed by atoms with Gasteiger partial charge in [0.1, 0.15) is 11.6 Å². The first-order valence-corrected chi connectivity index (χ1v) is 8.63. The molecule has 1 aliphatic heterocycles. The second kappa shape index (κ2) is 7.83. The zero-order valence-electron chi connectivity index (χ0n) is 15.1. The van der Waals surface area contributed by atoms with E-state index in [0.29, 0.717) is 29.5 Å². The zero-order chi connectivity index (χ0) is 19.3. The second-order valence-electron chi connectivity index (χ2n) is 6.03. The summed E-state index contributed by atoms with van der Waals surface area (Å²) in [6, 6.07) is 16.2. The number of carbonyl (C=O) groups is 1. The Morgan fingerprint density at radius 1 is 1.04 bits per heavy atom. The monoisotopic (exact) mass is 378 g/mol. The first kappa shape index (κ1) is 17.6. The van der Waals surface area contributed by atoms with Gasteiger partial charge >= 0.3 is 0 Å². The van der Waals surface area contributed by atoms with Crippen LogP contribution in [0, 0.1) is 0 Å². The first-order valence-electron chi connectivity index (χ1n) is 8.63. The van der Waals surface area contributed by atoms with Crippen LogP contribution >= 0.6 is 0 Å². The van der Waals surface area contributed by atoms with Crippen molar-refractivity contribution in [1.29, 1.82) is 0 Å². The van der Waals surface area contributed by atoms with Gasteiger partial charge in [-0.05, 0) is 42.0 Å². The molecule has 0 radical (unpaired) electrons. The van der Waals surface area contributed by atoms with Crippen molar-refractivity contribution >= 4 is 17.4 Å². The summed E-state index contributed by atoms with van der Waals surface area (Å²) in [7, 11) is 1.63. The standard InChI is InChI=1S/C20H18N4O4/c1-26-15-5-2-13(3-6-15)11-21-19-9-7-16(23-24-19)20(25)22-14-4-8-17-18(10-14)28-12-27-17/h2-10H,11-12H2,1H3,(H,21,24)(H,22,25). The molecule has 0 fully saturated rings. The predicted molar refractivity (Wildman–Crippen MR) is 103 cm³/mol. The number of amides is 1. The molecule has 0 unspecified atom stereocenters. The van der Waals surface area contributed by atoms with Crippen molar-refractivity contribution in [2.75, 3.05) is 24.5 Å². The summed E-state index contributed by atoms with van der Waals surface area (Å²) >= 11 is 0. The lowest BCUT2D eigenvalue weighted by molar-refractivity contribution is 0.102. The Bertz CT molecular complexity index is 975. The van der Waals surface area contributed by atoms with E-state index >= 15 is 0 Å². The van der Waals surface area contributed by atoms with Gasteiger partial charge in [-0.3, -0.25) is 4.79 Å². The number of anilines is 2. The van der Waals surface area contributed by atoms with E-state index in [4.69, 9.17) is 14.2 Å². The van der Waals surface area contributed by atoms with E-state index in [2.05, 4.69) is 20.8 Å². The Hall–Kier alpha value is -3.81. The molecule has 2 heterocycles. The fourth-order valence-corrected chi connectivity index (χ4v) is 2.65. The number of aromatic nitrogens is 2. The normalized spacial score (nSPS) is 11.8. The first-order chi connectivity index (χ1) is 13.7. The van der Waals surface area contributed by atoms with Crippen LogP contribution in [0.4, 0.5) is 11.5 Å². The number of hydrogen-bond acceptors (Lipinski definition) is 7. The number of rotatable bonds is 6. The molecule has 0 atom stereocenters. The van der Waals surface area contributed by atoms with Gasteiger partial charge in [0.05, 0.1) is 7.11 Å². The third-order valence-electron chi connectivity index (χ3n) is 4.16. The highest BCUT2D eigenvalue weighted by Gasteiger charge is 2.15. The molecule has 0 saturated carbocycles. The van der Waals surface area contributed by atoms with Crippen LogP contribution in [0.3, 0.4) is 0 Å². The molecule has 1 aromatic heterocycles. The van der Waals surface area contributed by atoms with Crippen molar-refractivity contribution in [2.24, 2.45) is 0 Å². The Labute approximate surface area is 161 Å². The molecule has 1 aliphatic rings. The molecule has 2 N–H and O–H groups in total. The van der Waals surface area contributed by atoms with Gasteiger partial charge in [-0.25, -0.2) is 0 Å². The summed E-state index contributed by atoms with van der Waals surface area (Å²) in [6.45, 7) is 0.768. The molecule has 0 bridgehead atoms. The van der Waals surface area contributed by atoms with Crippen LogP contribution in [0.1, 0.15) is 16.1 Å². The lowest BCUT2D eigenvalue weighted by Gasteiger charge is -2.08. The molecule has 1 amide bonds. The average Bonchev–Trinajstić information content (AvgIpc) is 3.21. The van der Waals surface area contributed by atoms with Crippen LogP contribution in [-0.2, 0) is 6.54 Å². The van der Waals surface area contributed by atoms with Gasteiger partial charge in [-0.15, -0.1) is 10.2 Å². The van der Waals surface area contributed by atoms with Gasteiger partial charge in [0.25, 0.3) is 5.91 Å². The quantitative estimate of drug-likeness (QED) is 0.681. The molecule has 28 heavy (non-hydrogen) atoms. The molecule has 2 aromatic carbocycles. The van der Waals surface area contributed by atoms with Crippen molar-refractivity contribution in [2.45, 2.75) is 6.54 Å². The number of carbonyl (C=O) groups excluding carboxylic acids is 1. The van der Waals surface area contributed by atoms with Crippen molar-refractivity contribution in [3.8, 4) is 17.2 Å². The highest BCUT2D eigenvalue weighted by atomic mass is 16.7. The molecule has 0 spiro atoms.